The van der Waals surface area contributed by atoms with E-state index in [1.165, 1.54) is 0 Å². The molecule has 0 unspecified atom stereocenters. The maximum atomic E-state index is 10.3. The third-order valence-electron chi connectivity index (χ3n) is 1.73. The molecule has 1 aromatic heterocycles. The molecule has 76 valence electrons. The van der Waals surface area contributed by atoms with Crippen LogP contribution in [0.2, 0.25) is 0 Å². The summed E-state index contributed by atoms with van der Waals surface area (Å²) in [7, 11) is 0. The Kier molecular flexibility index (Phi) is 3.87. The number of hydrogen-bond donors (Lipinski definition) is 3. The molecule has 14 heavy (non-hydrogen) atoms. The van der Waals surface area contributed by atoms with Gasteiger partial charge in [-0.25, -0.2) is 4.79 Å². The van der Waals surface area contributed by atoms with Gasteiger partial charge in [-0.2, -0.15) is 0 Å². The average Bonchev–Trinajstić information content (AvgIpc) is 2.17. The summed E-state index contributed by atoms with van der Waals surface area (Å²) in [5, 5.41) is 19.5. The molecule has 0 saturated carbocycles. The SMILES string of the molecule is O=C(O)N[C@H](CO)Cc1ccccn1. The minimum absolute atomic E-state index is 0.233. The number of pyridine rings is 1. The number of nitrogens with one attached hydrogen (secondary N) is 1. The first-order valence-corrected chi connectivity index (χ1v) is 4.22. The zero-order valence-corrected chi connectivity index (χ0v) is 7.55. The van der Waals surface area contributed by atoms with E-state index < -0.39 is 12.1 Å². The van der Waals surface area contributed by atoms with Crippen molar-refractivity contribution in [3.8, 4) is 0 Å². The van der Waals surface area contributed by atoms with Crippen LogP contribution >= 0.6 is 0 Å². The molecule has 1 atom stereocenters. The molecule has 0 spiro atoms. The minimum atomic E-state index is -1.14. The fraction of sp³-hybridized carbons (Fsp3) is 0.333. The van der Waals surface area contributed by atoms with E-state index in [1.54, 1.807) is 18.3 Å². The first-order valence-electron chi connectivity index (χ1n) is 4.22. The molecule has 1 rings (SSSR count). The number of aliphatic hydroxyl groups is 1. The summed E-state index contributed by atoms with van der Waals surface area (Å²) >= 11 is 0. The minimum Gasteiger partial charge on any atom is -0.465 e. The van der Waals surface area contributed by atoms with Crippen LogP contribution in [0.4, 0.5) is 4.79 Å². The Hall–Kier alpha value is -1.62. The van der Waals surface area contributed by atoms with E-state index in [2.05, 4.69) is 10.3 Å². The third-order valence-corrected chi connectivity index (χ3v) is 1.73. The third kappa shape index (κ3) is 3.40. The summed E-state index contributed by atoms with van der Waals surface area (Å²) < 4.78 is 0. The highest BCUT2D eigenvalue weighted by atomic mass is 16.4. The van der Waals surface area contributed by atoms with Crippen molar-refractivity contribution in [1.82, 2.24) is 10.3 Å². The molecule has 3 N–H and O–H groups in total. The lowest BCUT2D eigenvalue weighted by Crippen LogP contribution is -2.38. The predicted octanol–water partition coefficient (Wildman–Crippen LogP) is 0.253. The van der Waals surface area contributed by atoms with E-state index in [1.807, 2.05) is 6.07 Å². The first kappa shape index (κ1) is 10.5. The number of carboxylic acid groups (broad SMARTS) is 1. The standard InChI is InChI=1S/C9H12N2O3/c12-6-8(11-9(13)14)5-7-3-1-2-4-10-7/h1-4,8,11-12H,5-6H2,(H,13,14)/t8-/m0/s1. The van der Waals surface area contributed by atoms with Crippen LogP contribution in [0, 0.1) is 0 Å². The van der Waals surface area contributed by atoms with Gasteiger partial charge in [0.2, 0.25) is 0 Å². The fourth-order valence-electron chi connectivity index (χ4n) is 1.11. The van der Waals surface area contributed by atoms with Crippen molar-refractivity contribution in [1.29, 1.82) is 0 Å². The van der Waals surface area contributed by atoms with Crippen molar-refractivity contribution >= 4 is 6.09 Å². The second-order valence-electron chi connectivity index (χ2n) is 2.85. The van der Waals surface area contributed by atoms with Crippen molar-refractivity contribution in [2.75, 3.05) is 6.61 Å². The van der Waals surface area contributed by atoms with Crippen molar-refractivity contribution in [2.24, 2.45) is 0 Å². The maximum Gasteiger partial charge on any atom is 0.404 e. The number of amides is 1. The topological polar surface area (TPSA) is 82.5 Å². The second-order valence-corrected chi connectivity index (χ2v) is 2.85. The van der Waals surface area contributed by atoms with Gasteiger partial charge in [-0.15, -0.1) is 0 Å². The van der Waals surface area contributed by atoms with Crippen molar-refractivity contribution in [3.05, 3.63) is 30.1 Å². The molecule has 5 nitrogen and oxygen atoms in total. The Balaban J connectivity index is 2.53. The Bertz CT molecular complexity index is 289. The van der Waals surface area contributed by atoms with Crippen LogP contribution in [-0.4, -0.2) is 33.9 Å². The van der Waals surface area contributed by atoms with E-state index in [0.717, 1.165) is 5.69 Å². The molecule has 0 fully saturated rings. The highest BCUT2D eigenvalue weighted by Crippen LogP contribution is 1.98. The molecule has 1 aromatic rings. The average molecular weight is 196 g/mol. The first-order chi connectivity index (χ1) is 6.72. The van der Waals surface area contributed by atoms with E-state index in [0.29, 0.717) is 6.42 Å². The predicted molar refractivity (Wildman–Crippen MR) is 50.0 cm³/mol. The highest BCUT2D eigenvalue weighted by molar-refractivity contribution is 5.64. The van der Waals surface area contributed by atoms with E-state index in [4.69, 9.17) is 10.2 Å². The van der Waals surface area contributed by atoms with Gasteiger partial charge >= 0.3 is 6.09 Å². The molecule has 0 aliphatic rings. The quantitative estimate of drug-likeness (QED) is 0.644. The van der Waals surface area contributed by atoms with Crippen molar-refractivity contribution < 1.29 is 15.0 Å². The summed E-state index contributed by atoms with van der Waals surface area (Å²) in [5.41, 5.74) is 0.750. The number of carbonyl (C=O) groups is 1. The zero-order chi connectivity index (χ0) is 10.4. The van der Waals surface area contributed by atoms with Crippen LogP contribution in [0.3, 0.4) is 0 Å². The molecule has 0 bridgehead atoms. The monoisotopic (exact) mass is 196 g/mol. The summed E-state index contributed by atoms with van der Waals surface area (Å²) in [5.74, 6) is 0. The lowest BCUT2D eigenvalue weighted by Gasteiger charge is -2.12. The molecule has 0 radical (unpaired) electrons. The Morgan fingerprint density at radius 1 is 1.57 bits per heavy atom. The number of rotatable bonds is 4. The van der Waals surface area contributed by atoms with Crippen LogP contribution in [0.1, 0.15) is 5.69 Å². The van der Waals surface area contributed by atoms with Crippen LogP contribution < -0.4 is 5.32 Å². The lowest BCUT2D eigenvalue weighted by atomic mass is 10.1. The largest absolute Gasteiger partial charge is 0.465 e. The second kappa shape index (κ2) is 5.18. The normalized spacial score (nSPS) is 12.1. The van der Waals surface area contributed by atoms with Gasteiger partial charge in [-0.3, -0.25) is 4.98 Å². The molecular weight excluding hydrogens is 184 g/mol. The molecule has 0 aromatic carbocycles. The molecule has 0 saturated heterocycles. The lowest BCUT2D eigenvalue weighted by molar-refractivity contribution is 0.177. The van der Waals surface area contributed by atoms with Crippen LogP contribution in [0.15, 0.2) is 24.4 Å². The van der Waals surface area contributed by atoms with Gasteiger partial charge in [0.25, 0.3) is 0 Å². The molecule has 1 heterocycles. The van der Waals surface area contributed by atoms with Gasteiger partial charge in [-0.1, -0.05) is 6.07 Å². The van der Waals surface area contributed by atoms with Crippen LogP contribution in [0.5, 0.6) is 0 Å². The Morgan fingerprint density at radius 3 is 2.86 bits per heavy atom. The smallest absolute Gasteiger partial charge is 0.404 e. The van der Waals surface area contributed by atoms with Crippen molar-refractivity contribution in [3.63, 3.8) is 0 Å². The summed E-state index contributed by atoms with van der Waals surface area (Å²) in [6.45, 7) is -0.233. The fourth-order valence-corrected chi connectivity index (χ4v) is 1.11. The van der Waals surface area contributed by atoms with Gasteiger partial charge < -0.3 is 15.5 Å². The maximum absolute atomic E-state index is 10.3. The molecule has 0 aliphatic carbocycles. The summed E-state index contributed by atoms with van der Waals surface area (Å²) in [6.07, 6.45) is 0.883. The Labute approximate surface area is 81.4 Å². The van der Waals surface area contributed by atoms with E-state index in [-0.39, 0.29) is 6.61 Å². The van der Waals surface area contributed by atoms with Gasteiger partial charge in [0.1, 0.15) is 0 Å². The molecule has 1 amide bonds. The van der Waals surface area contributed by atoms with Gasteiger partial charge in [0.15, 0.2) is 0 Å². The highest BCUT2D eigenvalue weighted by Gasteiger charge is 2.10. The molecule has 5 heteroatoms. The zero-order valence-electron chi connectivity index (χ0n) is 7.55. The number of hydrogen-bond acceptors (Lipinski definition) is 3. The van der Waals surface area contributed by atoms with Gasteiger partial charge in [-0.05, 0) is 12.1 Å². The molecular formula is C9H12N2O3. The van der Waals surface area contributed by atoms with Gasteiger partial charge in [0.05, 0.1) is 12.6 Å². The summed E-state index contributed by atoms with van der Waals surface area (Å²) in [4.78, 5) is 14.3. The number of aliphatic hydroxyl groups excluding tert-OH is 1. The van der Waals surface area contributed by atoms with E-state index >= 15 is 0 Å². The number of nitrogens with zero attached hydrogens (tertiary/aromatic N) is 1. The van der Waals surface area contributed by atoms with Gasteiger partial charge in [0, 0.05) is 18.3 Å². The Morgan fingerprint density at radius 2 is 2.36 bits per heavy atom. The number of aromatic nitrogens is 1. The van der Waals surface area contributed by atoms with Crippen molar-refractivity contribution in [2.45, 2.75) is 12.5 Å². The van der Waals surface area contributed by atoms with E-state index in [9.17, 15) is 4.79 Å². The summed E-state index contributed by atoms with van der Waals surface area (Å²) in [6, 6.07) is 4.88. The molecule has 0 aliphatic heterocycles. The van der Waals surface area contributed by atoms with Crippen LogP contribution in [-0.2, 0) is 6.42 Å². The van der Waals surface area contributed by atoms with Crippen LogP contribution in [0.25, 0.3) is 0 Å².